The number of alkyl halides is 3. The topological polar surface area (TPSA) is 182 Å². The summed E-state index contributed by atoms with van der Waals surface area (Å²) in [5.41, 5.74) is 5.34. The Balaban J connectivity index is 0.000000247. The van der Waals surface area contributed by atoms with Crippen LogP contribution in [0.1, 0.15) is 24.0 Å². The number of methoxy groups -OCH3 is 4. The number of aromatic nitrogens is 2. The summed E-state index contributed by atoms with van der Waals surface area (Å²) in [5.74, 6) is 6.60. The number of nitriles is 2. The molecule has 0 amide bonds. The lowest BCUT2D eigenvalue weighted by Gasteiger charge is -2.17. The monoisotopic (exact) mass is 1080 g/mol. The molecule has 2 aromatic heterocycles. The number of aromatic hydroxyl groups is 1. The van der Waals surface area contributed by atoms with E-state index in [2.05, 4.69) is 48.7 Å². The molecule has 8 aromatic rings. The van der Waals surface area contributed by atoms with Crippen molar-refractivity contribution in [2.75, 3.05) is 62.8 Å². The zero-order valence-corrected chi connectivity index (χ0v) is 43.6. The molecule has 0 aliphatic rings. The minimum atomic E-state index is -0.0176. The molecule has 0 unspecified atom stereocenters. The number of hydrogen-bond acceptors (Lipinski definition) is 14. The number of nitrogens with zero attached hydrogens (tertiary/aromatic N) is 4. The van der Waals surface area contributed by atoms with Crippen molar-refractivity contribution in [3.05, 3.63) is 145 Å². The summed E-state index contributed by atoms with van der Waals surface area (Å²) in [6.45, 7) is 0.478. The number of nitrogens with one attached hydrogen (secondary N) is 2. The summed E-state index contributed by atoms with van der Waals surface area (Å²) in [6, 6.07) is 41.0. The first-order valence-electron chi connectivity index (χ1n) is 22.3. The number of phenols is 1. The smallest absolute Gasteiger partial charge is 0.169 e. The van der Waals surface area contributed by atoms with Gasteiger partial charge < -0.3 is 48.9 Å². The molecule has 3 radical (unpaired) electrons. The lowest BCUT2D eigenvalue weighted by atomic mass is 10.1. The largest absolute Gasteiger partial charge is 0.504 e. The highest BCUT2D eigenvalue weighted by Crippen LogP contribution is 2.40. The summed E-state index contributed by atoms with van der Waals surface area (Å²) in [5, 5.41) is 38.2. The third-order valence-electron chi connectivity index (χ3n) is 10.4. The molecule has 3 N–H and O–H groups in total. The molecule has 6 aromatic carbocycles. The van der Waals surface area contributed by atoms with Gasteiger partial charge in [-0.25, -0.2) is 0 Å². The second-order valence-electron chi connectivity index (χ2n) is 15.1. The minimum Gasteiger partial charge on any atom is -0.504 e. The van der Waals surface area contributed by atoms with Crippen molar-refractivity contribution < 1.29 is 38.3 Å². The molecular formula is C55H51BBrCl2N6O8. The fraction of sp³-hybridized carbons (Fsp3) is 0.200. The molecular weight excluding hydrogens is 1030 g/mol. The quantitative estimate of drug-likeness (QED) is 0.0395. The highest BCUT2D eigenvalue weighted by atomic mass is 79.9. The molecule has 0 saturated heterocycles. The Bertz CT molecular complexity index is 3140. The molecule has 373 valence electrons. The van der Waals surface area contributed by atoms with Gasteiger partial charge >= 0.3 is 0 Å². The maximum absolute atomic E-state index is 10.0. The van der Waals surface area contributed by atoms with Crippen molar-refractivity contribution in [1.29, 1.82) is 10.5 Å². The average Bonchev–Trinajstić information content (AvgIpc) is 3.41. The lowest BCUT2D eigenvalue weighted by Crippen LogP contribution is -2.02. The van der Waals surface area contributed by atoms with Crippen LogP contribution in [-0.2, 0) is 6.42 Å². The van der Waals surface area contributed by atoms with Crippen molar-refractivity contribution in [2.45, 2.75) is 19.3 Å². The molecule has 0 aliphatic carbocycles. The second-order valence-corrected chi connectivity index (χ2v) is 16.7. The Labute approximate surface area is 445 Å². The van der Waals surface area contributed by atoms with Crippen LogP contribution in [0.4, 0.5) is 22.7 Å². The van der Waals surface area contributed by atoms with E-state index in [4.69, 9.17) is 56.4 Å². The number of rotatable bonds is 19. The number of pyridine rings is 2. The predicted octanol–water partition coefficient (Wildman–Crippen LogP) is 13.9. The van der Waals surface area contributed by atoms with Crippen LogP contribution in [0.15, 0.2) is 134 Å². The van der Waals surface area contributed by atoms with Gasteiger partial charge in [0.05, 0.1) is 75.5 Å². The van der Waals surface area contributed by atoms with Gasteiger partial charge in [-0.3, -0.25) is 9.97 Å². The first kappa shape index (κ1) is 56.2. The molecule has 14 nitrogen and oxygen atoms in total. The third kappa shape index (κ3) is 15.1. The summed E-state index contributed by atoms with van der Waals surface area (Å²) < 4.78 is 39.2. The summed E-state index contributed by atoms with van der Waals surface area (Å²) in [7, 11) is 6.26. The van der Waals surface area contributed by atoms with Gasteiger partial charge in [-0.2, -0.15) is 10.5 Å². The Morgan fingerprint density at radius 2 is 1.08 bits per heavy atom. The molecule has 0 fully saturated rings. The third-order valence-corrected chi connectivity index (χ3v) is 11.5. The molecule has 2 heterocycles. The highest BCUT2D eigenvalue weighted by Gasteiger charge is 2.17. The number of halogens is 3. The van der Waals surface area contributed by atoms with E-state index in [-0.39, 0.29) is 20.6 Å². The SMILES string of the molecule is COc1cc2c(Nc3ccc(Oc4ccccc4OC)cc3)c(C#N)cnc2cc1O.COc1cc2c(Nc3ccc(Oc4ccccc4OC)cc3)c(CC#N)cnc2cc1OCCCCl.ClCCCBr.[B]. The van der Waals surface area contributed by atoms with Gasteiger partial charge in [0.2, 0.25) is 0 Å². The minimum absolute atomic E-state index is 0. The Morgan fingerprint density at radius 1 is 0.589 bits per heavy atom. The number of fused-ring (bicyclic) bond motifs is 2. The zero-order valence-electron chi connectivity index (χ0n) is 40.5. The lowest BCUT2D eigenvalue weighted by molar-refractivity contribution is 0.295. The van der Waals surface area contributed by atoms with Crippen LogP contribution >= 0.6 is 39.1 Å². The molecule has 0 saturated carbocycles. The van der Waals surface area contributed by atoms with Crippen LogP contribution in [0.5, 0.6) is 57.5 Å². The summed E-state index contributed by atoms with van der Waals surface area (Å²) in [4.78, 5) is 8.82. The molecule has 0 atom stereocenters. The summed E-state index contributed by atoms with van der Waals surface area (Å²) >= 11 is 14.3. The van der Waals surface area contributed by atoms with Crippen LogP contribution < -0.4 is 43.8 Å². The van der Waals surface area contributed by atoms with Gasteiger partial charge in [0.15, 0.2) is 46.0 Å². The maximum atomic E-state index is 10.0. The number of benzene rings is 6. The molecule has 73 heavy (non-hydrogen) atoms. The standard InChI is InChI=1S/C28H26ClN3O4.C24H19N3O4.C3H6BrCl.B/c1-33-24-6-3-4-7-25(24)36-21-10-8-20(9-11-21)32-28-19(12-14-30)18-31-23-17-27(35-15-5-13-29)26(34-2)16-22(23)28;1-29-21-5-3-4-6-22(21)31-17-9-7-16(8-10-17)27-24-15(13-25)14-26-19-12-20(28)23(30-2)11-18(19)24;4-2-1-3-5;/h3-4,6-11,16-18H,5,12-13,15H2,1-2H3,(H,31,32);3-12,14,28H,1-2H3,(H,26,27);1-3H2;. The molecule has 0 aliphatic heterocycles. The first-order valence-corrected chi connectivity index (χ1v) is 24.5. The molecule has 18 heteroatoms. The van der Waals surface area contributed by atoms with Crippen molar-refractivity contribution in [3.8, 4) is 69.6 Å². The van der Waals surface area contributed by atoms with Gasteiger partial charge in [0, 0.05) is 77.7 Å². The number of ether oxygens (including phenoxy) is 7. The number of anilines is 4. The molecule has 0 spiro atoms. The van der Waals surface area contributed by atoms with E-state index >= 15 is 0 Å². The van der Waals surface area contributed by atoms with Gasteiger partial charge in [-0.15, -0.1) is 23.2 Å². The van der Waals surface area contributed by atoms with Gasteiger partial charge in [-0.1, -0.05) is 40.2 Å². The zero-order chi connectivity index (χ0) is 51.2. The van der Waals surface area contributed by atoms with Crippen molar-refractivity contribution >= 4 is 92.1 Å². The Morgan fingerprint density at radius 3 is 1.58 bits per heavy atom. The van der Waals surface area contributed by atoms with Crippen LogP contribution in [-0.4, -0.2) is 75.6 Å². The number of hydrogen-bond donors (Lipinski definition) is 3. The van der Waals surface area contributed by atoms with Gasteiger partial charge in [0.1, 0.15) is 17.6 Å². The average molecular weight is 1090 g/mol. The van der Waals surface area contributed by atoms with Gasteiger partial charge in [0.25, 0.3) is 0 Å². The second kappa shape index (κ2) is 28.9. The van der Waals surface area contributed by atoms with Crippen LogP contribution in [0.2, 0.25) is 0 Å². The fourth-order valence-electron chi connectivity index (χ4n) is 6.92. The molecule has 0 bridgehead atoms. The van der Waals surface area contributed by atoms with Crippen LogP contribution in [0, 0.1) is 22.7 Å². The van der Waals surface area contributed by atoms with E-state index in [1.54, 1.807) is 33.6 Å². The van der Waals surface area contributed by atoms with E-state index in [0.717, 1.165) is 57.6 Å². The van der Waals surface area contributed by atoms with Crippen molar-refractivity contribution in [2.24, 2.45) is 0 Å². The normalized spacial score (nSPS) is 10.2. The van der Waals surface area contributed by atoms with Crippen LogP contribution in [0.25, 0.3) is 21.8 Å². The van der Waals surface area contributed by atoms with Crippen molar-refractivity contribution in [1.82, 2.24) is 9.97 Å². The number of phenolic OH excluding ortho intramolecular Hbond substituents is 1. The van der Waals surface area contributed by atoms with Crippen molar-refractivity contribution in [3.63, 3.8) is 0 Å². The van der Waals surface area contributed by atoms with E-state index in [1.807, 2.05) is 109 Å². The Kier molecular flexibility index (Phi) is 22.3. The van der Waals surface area contributed by atoms with Crippen LogP contribution in [0.3, 0.4) is 0 Å². The van der Waals surface area contributed by atoms with E-state index in [1.165, 1.54) is 19.4 Å². The highest BCUT2D eigenvalue weighted by molar-refractivity contribution is 9.09. The summed E-state index contributed by atoms with van der Waals surface area (Å²) in [6.07, 6.45) is 5.18. The van der Waals surface area contributed by atoms with Gasteiger partial charge in [-0.05, 0) is 97.8 Å². The predicted molar refractivity (Wildman–Crippen MR) is 294 cm³/mol. The van der Waals surface area contributed by atoms with E-state index < -0.39 is 0 Å². The fourth-order valence-corrected chi connectivity index (χ4v) is 7.77. The Hall–Kier alpha value is -7.76. The maximum Gasteiger partial charge on any atom is 0.169 e. The number of para-hydroxylation sites is 4. The first-order chi connectivity index (χ1) is 35.2. The van der Waals surface area contributed by atoms with E-state index in [0.29, 0.717) is 86.4 Å². The molecule has 8 rings (SSSR count). The van der Waals surface area contributed by atoms with E-state index in [9.17, 15) is 15.6 Å².